The van der Waals surface area contributed by atoms with Crippen LogP contribution < -0.4 is 15.2 Å². The van der Waals surface area contributed by atoms with Gasteiger partial charge in [0.1, 0.15) is 5.75 Å². The van der Waals surface area contributed by atoms with Crippen molar-refractivity contribution in [3.05, 3.63) is 29.8 Å². The van der Waals surface area contributed by atoms with Gasteiger partial charge in [-0.2, -0.15) is 0 Å². The Morgan fingerprint density at radius 2 is 2.33 bits per heavy atom. The van der Waals surface area contributed by atoms with E-state index < -0.39 is 0 Å². The summed E-state index contributed by atoms with van der Waals surface area (Å²) in [5.74, 6) is 1.51. The van der Waals surface area contributed by atoms with Crippen LogP contribution in [0.5, 0.6) is 11.5 Å². The van der Waals surface area contributed by atoms with Crippen molar-refractivity contribution in [2.24, 2.45) is 0 Å². The first-order valence-corrected chi connectivity index (χ1v) is 6.40. The van der Waals surface area contributed by atoms with Crippen molar-refractivity contribution >= 4 is 28.1 Å². The molecule has 4 heteroatoms. The van der Waals surface area contributed by atoms with E-state index in [2.05, 4.69) is 5.32 Å². The third-order valence-electron chi connectivity index (χ3n) is 3.48. The molecule has 18 heavy (non-hydrogen) atoms. The van der Waals surface area contributed by atoms with Crippen LogP contribution in [-0.4, -0.2) is 19.5 Å². The minimum absolute atomic E-state index is 0.0189. The van der Waals surface area contributed by atoms with Crippen LogP contribution in [0.1, 0.15) is 11.5 Å². The minimum Gasteiger partial charge on any atom is -0.872 e. The third kappa shape index (κ3) is 1.51. The molecule has 0 aliphatic carbocycles. The molecular weight excluding hydrogens is 250 g/mol. The number of nitrogens with one attached hydrogen (secondary N) is 1. The number of halogens is 1. The highest BCUT2D eigenvalue weighted by molar-refractivity contribution is 6.19. The second-order valence-electron chi connectivity index (χ2n) is 4.45. The highest BCUT2D eigenvalue weighted by Gasteiger charge is 2.25. The molecule has 2 aromatic carbocycles. The lowest BCUT2D eigenvalue weighted by atomic mass is 9.94. The normalized spacial score (nSPS) is 17.6. The standard InChI is InChI=1S/C14H14ClNO2/c1-18-12-4-2-3-9-11(17)5-10-13(14(9)12)8(6-15)7-16-10/h2-5,8,16-17H,6-7H2,1H3/p-1. The van der Waals surface area contributed by atoms with Crippen LogP contribution in [0.4, 0.5) is 5.69 Å². The van der Waals surface area contributed by atoms with Crippen LogP contribution >= 0.6 is 11.6 Å². The molecule has 1 aliphatic heterocycles. The molecule has 1 atom stereocenters. The molecule has 0 spiro atoms. The van der Waals surface area contributed by atoms with Crippen LogP contribution in [0.3, 0.4) is 0 Å². The largest absolute Gasteiger partial charge is 0.872 e. The number of ether oxygens (including phenoxy) is 1. The van der Waals surface area contributed by atoms with E-state index in [4.69, 9.17) is 16.3 Å². The lowest BCUT2D eigenvalue weighted by Gasteiger charge is -2.18. The maximum absolute atomic E-state index is 12.1. The molecule has 94 valence electrons. The molecular formula is C14H13ClNO2-. The maximum Gasteiger partial charge on any atom is 0.127 e. The smallest absolute Gasteiger partial charge is 0.127 e. The Morgan fingerprint density at radius 3 is 3.06 bits per heavy atom. The Labute approximate surface area is 110 Å². The van der Waals surface area contributed by atoms with Crippen LogP contribution in [-0.2, 0) is 0 Å². The Balaban J connectivity index is 2.41. The zero-order valence-corrected chi connectivity index (χ0v) is 10.8. The Hall–Kier alpha value is -1.61. The first kappa shape index (κ1) is 11.5. The molecule has 0 radical (unpaired) electrons. The third-order valence-corrected chi connectivity index (χ3v) is 3.85. The predicted molar refractivity (Wildman–Crippen MR) is 71.9 cm³/mol. The number of methoxy groups -OCH3 is 1. The van der Waals surface area contributed by atoms with Crippen molar-refractivity contribution in [1.29, 1.82) is 0 Å². The van der Waals surface area contributed by atoms with Gasteiger partial charge in [0.2, 0.25) is 0 Å². The van der Waals surface area contributed by atoms with Gasteiger partial charge in [0.15, 0.2) is 0 Å². The highest BCUT2D eigenvalue weighted by Crippen LogP contribution is 2.44. The molecule has 1 unspecified atom stereocenters. The van der Waals surface area contributed by atoms with Gasteiger partial charge in [0.25, 0.3) is 0 Å². The predicted octanol–water partition coefficient (Wildman–Crippen LogP) is 2.67. The topological polar surface area (TPSA) is 44.3 Å². The van der Waals surface area contributed by atoms with Gasteiger partial charge in [-0.3, -0.25) is 0 Å². The van der Waals surface area contributed by atoms with Gasteiger partial charge in [-0.15, -0.1) is 11.6 Å². The second-order valence-corrected chi connectivity index (χ2v) is 4.76. The number of fused-ring (bicyclic) bond motifs is 3. The molecule has 0 saturated heterocycles. The maximum atomic E-state index is 12.1. The van der Waals surface area contributed by atoms with E-state index in [-0.39, 0.29) is 11.7 Å². The van der Waals surface area contributed by atoms with Crippen molar-refractivity contribution in [3.63, 3.8) is 0 Å². The number of anilines is 1. The highest BCUT2D eigenvalue weighted by atomic mass is 35.5. The summed E-state index contributed by atoms with van der Waals surface area (Å²) in [4.78, 5) is 0. The van der Waals surface area contributed by atoms with E-state index in [1.807, 2.05) is 18.2 Å². The van der Waals surface area contributed by atoms with E-state index in [1.54, 1.807) is 13.2 Å². The molecule has 1 N–H and O–H groups in total. The number of hydrogen-bond donors (Lipinski definition) is 1. The number of hydrogen-bond acceptors (Lipinski definition) is 3. The lowest BCUT2D eigenvalue weighted by Crippen LogP contribution is -2.03. The first-order chi connectivity index (χ1) is 8.76. The van der Waals surface area contributed by atoms with Crippen LogP contribution in [0.15, 0.2) is 24.3 Å². The van der Waals surface area contributed by atoms with Crippen molar-refractivity contribution in [2.45, 2.75) is 5.92 Å². The van der Waals surface area contributed by atoms with Gasteiger partial charge in [-0.1, -0.05) is 17.9 Å². The van der Waals surface area contributed by atoms with Crippen molar-refractivity contribution in [3.8, 4) is 11.5 Å². The average Bonchev–Trinajstić information content (AvgIpc) is 2.81. The molecule has 1 heterocycles. The zero-order chi connectivity index (χ0) is 12.7. The molecule has 0 amide bonds. The van der Waals surface area contributed by atoms with Gasteiger partial charge < -0.3 is 15.2 Å². The summed E-state index contributed by atoms with van der Waals surface area (Å²) in [6, 6.07) is 7.21. The zero-order valence-electron chi connectivity index (χ0n) is 10.00. The average molecular weight is 263 g/mol. The van der Waals surface area contributed by atoms with Gasteiger partial charge >= 0.3 is 0 Å². The van der Waals surface area contributed by atoms with Crippen LogP contribution in [0, 0.1) is 0 Å². The van der Waals surface area contributed by atoms with Crippen LogP contribution in [0.25, 0.3) is 10.8 Å². The quantitative estimate of drug-likeness (QED) is 0.847. The van der Waals surface area contributed by atoms with Gasteiger partial charge in [-0.25, -0.2) is 0 Å². The summed E-state index contributed by atoms with van der Waals surface area (Å²) in [6.45, 7) is 0.773. The fourth-order valence-electron chi connectivity index (χ4n) is 2.64. The molecule has 0 fully saturated rings. The molecule has 0 saturated carbocycles. The van der Waals surface area contributed by atoms with E-state index in [0.717, 1.165) is 28.9 Å². The fraction of sp³-hybridized carbons (Fsp3) is 0.286. The molecule has 0 bridgehead atoms. The SMILES string of the molecule is COc1cccc2c([O-])cc3c(c12)C(CCl)CN3. The summed E-state index contributed by atoms with van der Waals surface area (Å²) in [5.41, 5.74) is 2.00. The number of rotatable bonds is 2. The van der Waals surface area contributed by atoms with Gasteiger partial charge in [-0.05, 0) is 23.1 Å². The van der Waals surface area contributed by atoms with Crippen molar-refractivity contribution in [2.75, 3.05) is 24.9 Å². The molecule has 1 aliphatic rings. The molecule has 3 nitrogen and oxygen atoms in total. The summed E-state index contributed by atoms with van der Waals surface area (Å²) in [6.07, 6.45) is 0. The van der Waals surface area contributed by atoms with Crippen molar-refractivity contribution in [1.82, 2.24) is 0 Å². The number of alkyl halides is 1. The molecule has 2 aromatic rings. The van der Waals surface area contributed by atoms with Crippen LogP contribution in [0.2, 0.25) is 0 Å². The summed E-state index contributed by atoms with van der Waals surface area (Å²) < 4.78 is 5.39. The summed E-state index contributed by atoms with van der Waals surface area (Å²) in [5, 5.41) is 16.9. The van der Waals surface area contributed by atoms with Gasteiger partial charge in [0, 0.05) is 29.4 Å². The summed E-state index contributed by atoms with van der Waals surface area (Å²) >= 11 is 6.01. The van der Waals surface area contributed by atoms with Gasteiger partial charge in [0.05, 0.1) is 7.11 Å². The van der Waals surface area contributed by atoms with E-state index >= 15 is 0 Å². The Bertz CT molecular complexity index is 612. The van der Waals surface area contributed by atoms with E-state index in [1.165, 1.54) is 0 Å². The Morgan fingerprint density at radius 1 is 1.50 bits per heavy atom. The fourth-order valence-corrected chi connectivity index (χ4v) is 2.91. The summed E-state index contributed by atoms with van der Waals surface area (Å²) in [7, 11) is 1.62. The lowest BCUT2D eigenvalue weighted by molar-refractivity contribution is -0.265. The monoisotopic (exact) mass is 262 g/mol. The first-order valence-electron chi connectivity index (χ1n) is 5.86. The molecule has 3 rings (SSSR count). The van der Waals surface area contributed by atoms with E-state index in [0.29, 0.717) is 11.3 Å². The minimum atomic E-state index is 0.0189. The Kier molecular flexibility index (Phi) is 2.71. The number of benzene rings is 2. The van der Waals surface area contributed by atoms with E-state index in [9.17, 15) is 5.11 Å². The second kappa shape index (κ2) is 4.25. The van der Waals surface area contributed by atoms with Crippen molar-refractivity contribution < 1.29 is 9.84 Å². The molecule has 0 aromatic heterocycles.